The molecule has 7 nitrogen and oxygen atoms in total. The number of hydrogen-bond donors (Lipinski definition) is 0. The number of non-ortho nitro benzene ring substituents is 1. The third kappa shape index (κ3) is 5.80. The average molecular weight is 622 g/mol. The average Bonchev–Trinajstić information content (AvgIpc) is 3.07. The van der Waals surface area contributed by atoms with Crippen molar-refractivity contribution in [1.29, 1.82) is 0 Å². The number of halogens is 3. The Bertz CT molecular complexity index is 1340. The molecule has 0 bridgehead atoms. The van der Waals surface area contributed by atoms with Gasteiger partial charge < -0.3 is 4.74 Å². The Balaban J connectivity index is 1.49. The SMILES string of the molecule is O=C1S/C(=C\c2cc(Br)c(OCc3ccccc3F)c(Br)c2)C(=O)N1Cc1ccc([N+](=O)[O-])cc1. The van der Waals surface area contributed by atoms with E-state index in [0.29, 0.717) is 31.4 Å². The molecule has 4 rings (SSSR count). The van der Waals surface area contributed by atoms with E-state index in [-0.39, 0.29) is 29.6 Å². The summed E-state index contributed by atoms with van der Waals surface area (Å²) in [6.07, 6.45) is 1.59. The molecule has 178 valence electrons. The molecule has 0 atom stereocenters. The van der Waals surface area contributed by atoms with E-state index in [4.69, 9.17) is 4.74 Å². The monoisotopic (exact) mass is 620 g/mol. The Labute approximate surface area is 220 Å². The van der Waals surface area contributed by atoms with Crippen molar-refractivity contribution in [2.75, 3.05) is 0 Å². The van der Waals surface area contributed by atoms with Crippen LogP contribution < -0.4 is 4.74 Å². The molecule has 1 heterocycles. The van der Waals surface area contributed by atoms with Gasteiger partial charge in [-0.15, -0.1) is 0 Å². The van der Waals surface area contributed by atoms with Crippen LogP contribution in [0.4, 0.5) is 14.9 Å². The minimum Gasteiger partial charge on any atom is -0.486 e. The van der Waals surface area contributed by atoms with Crippen LogP contribution in [0.2, 0.25) is 0 Å². The van der Waals surface area contributed by atoms with Gasteiger partial charge in [0.05, 0.1) is 25.3 Å². The first-order valence-corrected chi connectivity index (χ1v) is 12.5. The number of benzene rings is 3. The summed E-state index contributed by atoms with van der Waals surface area (Å²) in [5.74, 6) is -0.344. The number of amides is 2. The molecule has 11 heteroatoms. The Morgan fingerprint density at radius 3 is 2.34 bits per heavy atom. The predicted octanol–water partition coefficient (Wildman–Crippen LogP) is 7.07. The van der Waals surface area contributed by atoms with E-state index in [1.54, 1.807) is 36.4 Å². The van der Waals surface area contributed by atoms with Crippen molar-refractivity contribution >= 4 is 66.5 Å². The zero-order valence-corrected chi connectivity index (χ0v) is 21.7. The first-order valence-electron chi connectivity index (χ1n) is 10.1. The van der Waals surface area contributed by atoms with Gasteiger partial charge in [-0.25, -0.2) is 4.39 Å². The van der Waals surface area contributed by atoms with Gasteiger partial charge in [0.25, 0.3) is 16.8 Å². The highest BCUT2D eigenvalue weighted by Crippen LogP contribution is 2.38. The fourth-order valence-corrected chi connectivity index (χ4v) is 5.55. The van der Waals surface area contributed by atoms with Crippen molar-refractivity contribution in [1.82, 2.24) is 4.90 Å². The molecule has 1 aliphatic rings. The first-order chi connectivity index (χ1) is 16.7. The van der Waals surface area contributed by atoms with Gasteiger partial charge in [-0.05, 0) is 79.0 Å². The van der Waals surface area contributed by atoms with Crippen molar-refractivity contribution in [3.8, 4) is 5.75 Å². The maximum atomic E-state index is 13.9. The number of nitro groups is 1. The lowest BCUT2D eigenvalue weighted by Crippen LogP contribution is -2.27. The summed E-state index contributed by atoms with van der Waals surface area (Å²) >= 11 is 7.70. The maximum Gasteiger partial charge on any atom is 0.293 e. The van der Waals surface area contributed by atoms with Gasteiger partial charge in [-0.3, -0.25) is 24.6 Å². The molecular weight excluding hydrogens is 607 g/mol. The van der Waals surface area contributed by atoms with Gasteiger partial charge >= 0.3 is 0 Å². The number of imide groups is 1. The molecule has 0 N–H and O–H groups in total. The number of carbonyl (C=O) groups is 2. The third-order valence-electron chi connectivity index (χ3n) is 5.01. The fourth-order valence-electron chi connectivity index (χ4n) is 3.26. The summed E-state index contributed by atoms with van der Waals surface area (Å²) in [4.78, 5) is 36.9. The van der Waals surface area contributed by atoms with Crippen molar-refractivity contribution < 1.29 is 23.6 Å². The van der Waals surface area contributed by atoms with Crippen LogP contribution in [-0.4, -0.2) is 21.0 Å². The molecule has 3 aromatic rings. The third-order valence-corrected chi connectivity index (χ3v) is 7.10. The normalized spacial score (nSPS) is 14.6. The molecule has 1 saturated heterocycles. The summed E-state index contributed by atoms with van der Waals surface area (Å²) in [7, 11) is 0. The number of ether oxygens (including phenoxy) is 1. The fraction of sp³-hybridized carbons (Fsp3) is 0.0833. The van der Waals surface area contributed by atoms with Crippen LogP contribution in [0.15, 0.2) is 74.5 Å². The Morgan fingerprint density at radius 2 is 1.71 bits per heavy atom. The molecule has 0 saturated carbocycles. The zero-order chi connectivity index (χ0) is 25.1. The summed E-state index contributed by atoms with van der Waals surface area (Å²) in [5, 5.41) is 10.4. The van der Waals surface area contributed by atoms with E-state index in [1.807, 2.05) is 0 Å². The number of hydrogen-bond acceptors (Lipinski definition) is 6. The lowest BCUT2D eigenvalue weighted by atomic mass is 10.2. The van der Waals surface area contributed by atoms with E-state index in [0.717, 1.165) is 16.7 Å². The second kappa shape index (κ2) is 10.7. The summed E-state index contributed by atoms with van der Waals surface area (Å²) < 4.78 is 20.8. The summed E-state index contributed by atoms with van der Waals surface area (Å²) in [5.41, 5.74) is 1.58. The van der Waals surface area contributed by atoms with E-state index in [1.165, 1.54) is 30.3 Å². The zero-order valence-electron chi connectivity index (χ0n) is 17.7. The van der Waals surface area contributed by atoms with Gasteiger partial charge in [-0.2, -0.15) is 0 Å². The molecule has 35 heavy (non-hydrogen) atoms. The second-order valence-corrected chi connectivity index (χ2v) is 10.1. The largest absolute Gasteiger partial charge is 0.486 e. The van der Waals surface area contributed by atoms with Gasteiger partial charge in [0.2, 0.25) is 0 Å². The highest BCUT2D eigenvalue weighted by molar-refractivity contribution is 9.11. The Hall–Kier alpha value is -3.02. The van der Waals surface area contributed by atoms with Crippen LogP contribution in [0.1, 0.15) is 16.7 Å². The quantitative estimate of drug-likeness (QED) is 0.159. The molecule has 0 unspecified atom stereocenters. The highest BCUT2D eigenvalue weighted by atomic mass is 79.9. The standard InChI is InChI=1S/C24H15Br2FN2O5S/c25-18-9-15(10-19(26)22(18)34-13-16-3-1-2-4-20(16)27)11-21-23(30)28(24(31)35-21)12-14-5-7-17(8-6-14)29(32)33/h1-11H,12-13H2/b21-11-. The van der Waals surface area contributed by atoms with E-state index in [9.17, 15) is 24.1 Å². The van der Waals surface area contributed by atoms with E-state index < -0.39 is 16.1 Å². The van der Waals surface area contributed by atoms with Gasteiger partial charge in [-0.1, -0.05) is 30.3 Å². The van der Waals surface area contributed by atoms with E-state index >= 15 is 0 Å². The van der Waals surface area contributed by atoms with Crippen LogP contribution >= 0.6 is 43.6 Å². The van der Waals surface area contributed by atoms with Crippen molar-refractivity contribution in [3.63, 3.8) is 0 Å². The number of nitro benzene ring substituents is 1. The molecule has 3 aromatic carbocycles. The van der Waals surface area contributed by atoms with Crippen LogP contribution in [0.3, 0.4) is 0 Å². The molecule has 1 aliphatic heterocycles. The summed E-state index contributed by atoms with van der Waals surface area (Å²) in [6, 6.07) is 15.5. The first kappa shape index (κ1) is 25.1. The van der Waals surface area contributed by atoms with Crippen LogP contribution in [0.5, 0.6) is 5.75 Å². The number of rotatable bonds is 7. The van der Waals surface area contributed by atoms with Crippen LogP contribution in [0.25, 0.3) is 6.08 Å². The maximum absolute atomic E-state index is 13.9. The number of carbonyl (C=O) groups excluding carboxylic acids is 2. The molecule has 2 amide bonds. The lowest BCUT2D eigenvalue weighted by molar-refractivity contribution is -0.384. The molecule has 0 spiro atoms. The highest BCUT2D eigenvalue weighted by Gasteiger charge is 2.35. The van der Waals surface area contributed by atoms with Crippen molar-refractivity contribution in [2.24, 2.45) is 0 Å². The van der Waals surface area contributed by atoms with Crippen LogP contribution in [-0.2, 0) is 17.9 Å². The molecule has 1 fully saturated rings. The Morgan fingerprint density at radius 1 is 1.06 bits per heavy atom. The minimum atomic E-state index is -0.515. The molecule has 0 aliphatic carbocycles. The van der Waals surface area contributed by atoms with Gasteiger partial charge in [0.15, 0.2) is 0 Å². The van der Waals surface area contributed by atoms with Crippen molar-refractivity contribution in [3.05, 3.63) is 107 Å². The topological polar surface area (TPSA) is 89.8 Å². The van der Waals surface area contributed by atoms with Crippen LogP contribution in [0, 0.1) is 15.9 Å². The number of thioether (sulfide) groups is 1. The van der Waals surface area contributed by atoms with E-state index in [2.05, 4.69) is 31.9 Å². The molecular formula is C24H15Br2FN2O5S. The Kier molecular flexibility index (Phi) is 7.68. The molecule has 0 radical (unpaired) electrons. The van der Waals surface area contributed by atoms with Crippen molar-refractivity contribution in [2.45, 2.75) is 13.2 Å². The van der Waals surface area contributed by atoms with Gasteiger partial charge in [0, 0.05) is 17.7 Å². The second-order valence-electron chi connectivity index (χ2n) is 7.39. The molecule has 0 aromatic heterocycles. The summed E-state index contributed by atoms with van der Waals surface area (Å²) in [6.45, 7) is 0.0426. The smallest absolute Gasteiger partial charge is 0.293 e. The predicted molar refractivity (Wildman–Crippen MR) is 137 cm³/mol. The minimum absolute atomic E-state index is 0.0101. The number of nitrogens with zero attached hydrogens (tertiary/aromatic N) is 2. The van der Waals surface area contributed by atoms with Gasteiger partial charge in [0.1, 0.15) is 18.2 Å². The lowest BCUT2D eigenvalue weighted by Gasteiger charge is -2.13.